The van der Waals surface area contributed by atoms with Gasteiger partial charge >= 0.3 is 29.6 Å². The molecule has 0 aromatic rings. The number of thioether (sulfide) groups is 1. The van der Waals surface area contributed by atoms with Crippen LogP contribution in [0.5, 0.6) is 0 Å². The van der Waals surface area contributed by atoms with Crippen LogP contribution >= 0.6 is 11.8 Å². The molecule has 0 spiro atoms. The zero-order chi connectivity index (χ0) is 10.3. The molecular formula is C7H13NaO4S2. The molecular weight excluding hydrogens is 235 g/mol. The van der Waals surface area contributed by atoms with E-state index in [0.717, 1.165) is 6.42 Å². The first-order chi connectivity index (χ1) is 5.92. The van der Waals surface area contributed by atoms with Crippen molar-refractivity contribution >= 4 is 27.0 Å². The number of hydrogen-bond acceptors (Lipinski definition) is 5. The summed E-state index contributed by atoms with van der Waals surface area (Å²) in [6, 6.07) is 0. The Balaban J connectivity index is 0. The van der Waals surface area contributed by atoms with Crippen molar-refractivity contribution in [1.29, 1.82) is 0 Å². The Morgan fingerprint density at radius 2 is 1.86 bits per heavy atom. The smallest absolute Gasteiger partial charge is 0.748 e. The van der Waals surface area contributed by atoms with E-state index in [1.54, 1.807) is 0 Å². The van der Waals surface area contributed by atoms with E-state index >= 15 is 0 Å². The minimum atomic E-state index is -4.05. The Morgan fingerprint density at radius 1 is 1.29 bits per heavy atom. The van der Waals surface area contributed by atoms with E-state index in [1.165, 1.54) is 18.7 Å². The second kappa shape index (κ2) is 9.18. The van der Waals surface area contributed by atoms with Gasteiger partial charge < -0.3 is 4.55 Å². The van der Waals surface area contributed by atoms with Gasteiger partial charge in [0.1, 0.15) is 0 Å². The second-order valence-electron chi connectivity index (χ2n) is 2.66. The summed E-state index contributed by atoms with van der Waals surface area (Å²) in [5.74, 6) is 0.409. The van der Waals surface area contributed by atoms with Crippen molar-refractivity contribution < 1.29 is 47.3 Å². The van der Waals surface area contributed by atoms with Crippen LogP contribution in [0.4, 0.5) is 0 Å². The van der Waals surface area contributed by atoms with E-state index in [4.69, 9.17) is 0 Å². The van der Waals surface area contributed by atoms with Crippen molar-refractivity contribution in [3.63, 3.8) is 0 Å². The van der Waals surface area contributed by atoms with E-state index in [9.17, 15) is 17.8 Å². The van der Waals surface area contributed by atoms with E-state index in [-0.39, 0.29) is 40.4 Å². The van der Waals surface area contributed by atoms with Crippen LogP contribution in [-0.4, -0.2) is 29.6 Å². The van der Waals surface area contributed by atoms with Crippen molar-refractivity contribution in [1.82, 2.24) is 0 Å². The van der Waals surface area contributed by atoms with Crippen molar-refractivity contribution in [2.75, 3.05) is 11.5 Å². The Morgan fingerprint density at radius 3 is 2.29 bits per heavy atom. The Kier molecular flexibility index (Phi) is 11.4. The monoisotopic (exact) mass is 248 g/mol. The maximum absolute atomic E-state index is 10.5. The molecule has 0 rings (SSSR count). The van der Waals surface area contributed by atoms with Gasteiger partial charge in [-0.1, -0.05) is 18.2 Å². The van der Waals surface area contributed by atoms with Crippen LogP contribution in [-0.2, 0) is 14.9 Å². The fourth-order valence-electron chi connectivity index (χ4n) is 0.774. The van der Waals surface area contributed by atoms with Gasteiger partial charge in [-0.15, -0.1) is 0 Å². The van der Waals surface area contributed by atoms with Crippen LogP contribution in [0.1, 0.15) is 26.2 Å². The second-order valence-corrected chi connectivity index (χ2v) is 5.46. The molecule has 0 aromatic heterocycles. The Hall–Kier alpha value is 0.930. The van der Waals surface area contributed by atoms with Gasteiger partial charge in [0.15, 0.2) is 5.12 Å². The summed E-state index contributed by atoms with van der Waals surface area (Å²) in [6.07, 6.45) is 1.85. The predicted molar refractivity (Wildman–Crippen MR) is 51.6 cm³/mol. The van der Waals surface area contributed by atoms with Crippen molar-refractivity contribution in [3.05, 3.63) is 0 Å². The molecule has 78 valence electrons. The van der Waals surface area contributed by atoms with Crippen LogP contribution in [0.15, 0.2) is 0 Å². The molecule has 0 aliphatic carbocycles. The summed E-state index contributed by atoms with van der Waals surface area (Å²) in [5, 5.41) is 0.0662. The van der Waals surface area contributed by atoms with Gasteiger partial charge in [-0.2, -0.15) is 0 Å². The SMILES string of the molecule is CC(=O)SCCCCCS(=O)(=O)[O-].[Na+]. The van der Waals surface area contributed by atoms with E-state index in [0.29, 0.717) is 18.6 Å². The quantitative estimate of drug-likeness (QED) is 0.308. The van der Waals surface area contributed by atoms with E-state index < -0.39 is 10.1 Å². The Labute approximate surface area is 111 Å². The van der Waals surface area contributed by atoms with Gasteiger partial charge in [0.05, 0.1) is 10.1 Å². The van der Waals surface area contributed by atoms with Crippen molar-refractivity contribution in [3.8, 4) is 0 Å². The number of hydrogen-bond donors (Lipinski definition) is 0. The van der Waals surface area contributed by atoms with Crippen LogP contribution in [0.2, 0.25) is 0 Å². The van der Waals surface area contributed by atoms with Crippen LogP contribution < -0.4 is 29.6 Å². The van der Waals surface area contributed by atoms with Gasteiger partial charge in [0.2, 0.25) is 0 Å². The molecule has 0 radical (unpaired) electrons. The molecule has 7 heteroatoms. The summed E-state index contributed by atoms with van der Waals surface area (Å²) in [6.45, 7) is 1.49. The maximum Gasteiger partial charge on any atom is 1.00 e. The third-order valence-electron chi connectivity index (χ3n) is 1.34. The molecule has 0 saturated carbocycles. The van der Waals surface area contributed by atoms with Crippen LogP contribution in [0.25, 0.3) is 0 Å². The number of carbonyl (C=O) groups excluding carboxylic acids is 1. The molecule has 0 bridgehead atoms. The van der Waals surface area contributed by atoms with E-state index in [1.807, 2.05) is 0 Å². The summed E-state index contributed by atoms with van der Waals surface area (Å²) in [7, 11) is -4.05. The summed E-state index contributed by atoms with van der Waals surface area (Å²) in [5.41, 5.74) is 0. The maximum atomic E-state index is 10.5. The molecule has 0 saturated heterocycles. The molecule has 0 atom stereocenters. The third-order valence-corrected chi connectivity index (χ3v) is 3.03. The number of carbonyl (C=O) groups is 1. The molecule has 0 aliphatic rings. The standard InChI is InChI=1S/C7H14O4S2.Na/c1-7(8)12-5-3-2-4-6-13(9,10)11;/h2-6H2,1H3,(H,9,10,11);/q;+1/p-1. The predicted octanol–water partition coefficient (Wildman–Crippen LogP) is -2.01. The Bertz CT molecular complexity index is 250. The molecule has 0 aromatic carbocycles. The minimum Gasteiger partial charge on any atom is -0.748 e. The topological polar surface area (TPSA) is 74.3 Å². The first kappa shape index (κ1) is 17.3. The zero-order valence-corrected chi connectivity index (χ0v) is 12.1. The largest absolute Gasteiger partial charge is 1.00 e. The van der Waals surface area contributed by atoms with Gasteiger partial charge in [-0.05, 0) is 12.8 Å². The van der Waals surface area contributed by atoms with Gasteiger partial charge in [-0.25, -0.2) is 8.42 Å². The third kappa shape index (κ3) is 15.4. The molecule has 0 heterocycles. The number of unbranched alkanes of at least 4 members (excludes halogenated alkanes) is 2. The van der Waals surface area contributed by atoms with Crippen molar-refractivity contribution in [2.45, 2.75) is 26.2 Å². The number of rotatable bonds is 6. The zero-order valence-electron chi connectivity index (χ0n) is 8.49. The molecule has 0 N–H and O–H groups in total. The summed E-state index contributed by atoms with van der Waals surface area (Å²) < 4.78 is 30.5. The first-order valence-corrected chi connectivity index (χ1v) is 6.55. The molecule has 4 nitrogen and oxygen atoms in total. The van der Waals surface area contributed by atoms with Crippen LogP contribution in [0, 0.1) is 0 Å². The van der Waals surface area contributed by atoms with Gasteiger partial charge in [0.25, 0.3) is 0 Å². The fourth-order valence-corrected chi connectivity index (χ4v) is 1.97. The minimum absolute atomic E-state index is 0. The molecule has 0 amide bonds. The molecule has 14 heavy (non-hydrogen) atoms. The van der Waals surface area contributed by atoms with Gasteiger partial charge in [0, 0.05) is 18.4 Å². The fraction of sp³-hybridized carbons (Fsp3) is 0.857. The average molecular weight is 248 g/mol. The molecule has 0 aliphatic heterocycles. The van der Waals surface area contributed by atoms with Gasteiger partial charge in [-0.3, -0.25) is 4.79 Å². The molecule has 0 fully saturated rings. The molecule has 0 unspecified atom stereocenters. The van der Waals surface area contributed by atoms with E-state index in [2.05, 4.69) is 0 Å². The summed E-state index contributed by atoms with van der Waals surface area (Å²) in [4.78, 5) is 10.5. The average Bonchev–Trinajstić information content (AvgIpc) is 1.93. The van der Waals surface area contributed by atoms with Crippen molar-refractivity contribution in [2.24, 2.45) is 0 Å². The summed E-state index contributed by atoms with van der Waals surface area (Å²) >= 11 is 1.22. The normalized spacial score (nSPS) is 10.7. The van der Waals surface area contributed by atoms with Crippen LogP contribution in [0.3, 0.4) is 0 Å². The first-order valence-electron chi connectivity index (χ1n) is 3.99.